The van der Waals surface area contributed by atoms with E-state index in [9.17, 15) is 0 Å². The molecule has 30 heavy (non-hydrogen) atoms. The van der Waals surface area contributed by atoms with Crippen LogP contribution in [0, 0.1) is 0 Å². The molecule has 6 rings (SSSR count). The Morgan fingerprint density at radius 3 is 1.97 bits per heavy atom. The first kappa shape index (κ1) is 17.1. The van der Waals surface area contributed by atoms with Gasteiger partial charge in [-0.05, 0) is 36.4 Å². The van der Waals surface area contributed by atoms with E-state index >= 15 is 0 Å². The summed E-state index contributed by atoms with van der Waals surface area (Å²) in [5.74, 6) is 0. The van der Waals surface area contributed by atoms with E-state index in [1.807, 2.05) is 11.8 Å². The SMILES string of the molecule is c1ccc2c(c1)Sc1ccccc1N2c1ccc(-c2cnc3nccnc3n2)cc1. The third-order valence-electron chi connectivity index (χ3n) is 5.05. The van der Waals surface area contributed by atoms with Gasteiger partial charge in [-0.3, -0.25) is 0 Å². The molecular weight excluding hydrogens is 390 g/mol. The third kappa shape index (κ3) is 2.81. The molecule has 0 amide bonds. The Bertz CT molecular complexity index is 1340. The molecule has 0 atom stereocenters. The molecule has 1 aliphatic heterocycles. The largest absolute Gasteiger partial charge is 0.308 e. The molecule has 2 aromatic heterocycles. The Balaban J connectivity index is 1.43. The summed E-state index contributed by atoms with van der Waals surface area (Å²) in [6.45, 7) is 0. The van der Waals surface area contributed by atoms with E-state index in [-0.39, 0.29) is 0 Å². The van der Waals surface area contributed by atoms with E-state index in [0.29, 0.717) is 11.3 Å². The van der Waals surface area contributed by atoms with Crippen molar-refractivity contribution in [3.05, 3.63) is 91.4 Å². The summed E-state index contributed by atoms with van der Waals surface area (Å²) < 4.78 is 0. The molecule has 5 nitrogen and oxygen atoms in total. The molecule has 142 valence electrons. The topological polar surface area (TPSA) is 54.8 Å². The van der Waals surface area contributed by atoms with Gasteiger partial charge >= 0.3 is 0 Å². The van der Waals surface area contributed by atoms with Gasteiger partial charge in [-0.1, -0.05) is 48.2 Å². The van der Waals surface area contributed by atoms with Gasteiger partial charge in [-0.25, -0.2) is 19.9 Å². The normalized spacial score (nSPS) is 12.5. The first-order valence-corrected chi connectivity index (χ1v) is 10.4. The zero-order valence-electron chi connectivity index (χ0n) is 15.8. The Labute approximate surface area is 177 Å². The van der Waals surface area contributed by atoms with Crippen molar-refractivity contribution >= 4 is 40.1 Å². The highest BCUT2D eigenvalue weighted by atomic mass is 32.2. The number of hydrogen-bond donors (Lipinski definition) is 0. The van der Waals surface area contributed by atoms with Gasteiger partial charge in [0.05, 0.1) is 23.3 Å². The lowest BCUT2D eigenvalue weighted by molar-refractivity contribution is 1.16. The minimum absolute atomic E-state index is 0.551. The lowest BCUT2D eigenvalue weighted by atomic mass is 10.1. The Morgan fingerprint density at radius 2 is 1.27 bits per heavy atom. The summed E-state index contributed by atoms with van der Waals surface area (Å²) in [7, 11) is 0. The molecule has 0 saturated carbocycles. The van der Waals surface area contributed by atoms with Gasteiger partial charge in [0.15, 0.2) is 11.3 Å². The fourth-order valence-corrected chi connectivity index (χ4v) is 4.72. The number of rotatable bonds is 2. The van der Waals surface area contributed by atoms with E-state index in [1.54, 1.807) is 18.6 Å². The van der Waals surface area contributed by atoms with Crippen molar-refractivity contribution in [1.82, 2.24) is 19.9 Å². The zero-order valence-corrected chi connectivity index (χ0v) is 16.6. The molecule has 1 aliphatic rings. The summed E-state index contributed by atoms with van der Waals surface area (Å²) in [4.78, 5) is 22.2. The Morgan fingerprint density at radius 1 is 0.633 bits per heavy atom. The molecule has 0 radical (unpaired) electrons. The van der Waals surface area contributed by atoms with Crippen molar-refractivity contribution < 1.29 is 0 Å². The zero-order chi connectivity index (χ0) is 19.9. The lowest BCUT2D eigenvalue weighted by Crippen LogP contribution is -2.14. The second-order valence-electron chi connectivity index (χ2n) is 6.88. The van der Waals surface area contributed by atoms with Crippen LogP contribution in [-0.4, -0.2) is 19.9 Å². The highest BCUT2D eigenvalue weighted by molar-refractivity contribution is 7.99. The number of aromatic nitrogens is 4. The highest BCUT2D eigenvalue weighted by Gasteiger charge is 2.24. The van der Waals surface area contributed by atoms with Crippen LogP contribution in [0.1, 0.15) is 0 Å². The van der Waals surface area contributed by atoms with Crippen molar-refractivity contribution in [2.24, 2.45) is 0 Å². The number of benzene rings is 3. The highest BCUT2D eigenvalue weighted by Crippen LogP contribution is 2.51. The summed E-state index contributed by atoms with van der Waals surface area (Å²) in [5, 5.41) is 0. The smallest absolute Gasteiger partial charge is 0.198 e. The lowest BCUT2D eigenvalue weighted by Gasteiger charge is -2.32. The van der Waals surface area contributed by atoms with Gasteiger partial charge in [0.25, 0.3) is 0 Å². The maximum absolute atomic E-state index is 4.61. The average molecular weight is 405 g/mol. The Hall–Kier alpha value is -3.77. The second-order valence-corrected chi connectivity index (χ2v) is 7.96. The molecule has 0 unspecified atom stereocenters. The van der Waals surface area contributed by atoms with Crippen molar-refractivity contribution in [2.45, 2.75) is 9.79 Å². The molecule has 3 heterocycles. The fraction of sp³-hybridized carbons (Fsp3) is 0. The van der Waals surface area contributed by atoms with Crippen LogP contribution in [0.4, 0.5) is 17.1 Å². The minimum Gasteiger partial charge on any atom is -0.308 e. The van der Waals surface area contributed by atoms with E-state index in [2.05, 4.69) is 97.6 Å². The molecule has 0 aliphatic carbocycles. The number of fused-ring (bicyclic) bond motifs is 3. The molecular formula is C24H15N5S. The Kier molecular flexibility index (Phi) is 3.95. The van der Waals surface area contributed by atoms with Crippen molar-refractivity contribution in [2.75, 3.05) is 4.90 Å². The maximum Gasteiger partial charge on any atom is 0.198 e. The monoisotopic (exact) mass is 405 g/mol. The van der Waals surface area contributed by atoms with Gasteiger partial charge < -0.3 is 4.90 Å². The third-order valence-corrected chi connectivity index (χ3v) is 6.18. The van der Waals surface area contributed by atoms with Gasteiger partial charge in [-0.2, -0.15) is 0 Å². The molecule has 5 aromatic rings. The van der Waals surface area contributed by atoms with E-state index < -0.39 is 0 Å². The van der Waals surface area contributed by atoms with Crippen molar-refractivity contribution in [3.8, 4) is 11.3 Å². The van der Waals surface area contributed by atoms with Crippen LogP contribution >= 0.6 is 11.8 Å². The summed E-state index contributed by atoms with van der Waals surface area (Å²) in [5.41, 5.74) is 6.36. The molecule has 0 fully saturated rings. The van der Waals surface area contributed by atoms with Crippen LogP contribution in [0.5, 0.6) is 0 Å². The van der Waals surface area contributed by atoms with Crippen LogP contribution in [0.2, 0.25) is 0 Å². The second kappa shape index (κ2) is 6.93. The van der Waals surface area contributed by atoms with Crippen molar-refractivity contribution in [3.63, 3.8) is 0 Å². The quantitative estimate of drug-likeness (QED) is 0.351. The summed E-state index contributed by atoms with van der Waals surface area (Å²) in [6, 6.07) is 25.4. The number of para-hydroxylation sites is 2. The minimum atomic E-state index is 0.551. The molecule has 6 heteroatoms. The van der Waals surface area contributed by atoms with Crippen LogP contribution in [-0.2, 0) is 0 Å². The number of nitrogens with zero attached hydrogens (tertiary/aromatic N) is 5. The molecule has 0 N–H and O–H groups in total. The van der Waals surface area contributed by atoms with Gasteiger partial charge in [0, 0.05) is 33.4 Å². The first-order chi connectivity index (χ1) is 14.9. The van der Waals surface area contributed by atoms with Crippen LogP contribution in [0.25, 0.3) is 22.6 Å². The first-order valence-electron chi connectivity index (χ1n) is 9.57. The standard InChI is InChI=1S/C24H15N5S/c1-3-7-21-19(5-1)29(20-6-2-4-8-22(20)30-21)17-11-9-16(10-12-17)18-15-27-23-24(28-18)26-14-13-25-23/h1-15H. The number of hydrogen-bond acceptors (Lipinski definition) is 6. The molecule has 0 spiro atoms. The molecule has 0 bridgehead atoms. The maximum atomic E-state index is 4.61. The van der Waals surface area contributed by atoms with Crippen molar-refractivity contribution in [1.29, 1.82) is 0 Å². The molecule has 0 saturated heterocycles. The predicted octanol–water partition coefficient (Wildman–Crippen LogP) is 6.02. The summed E-state index contributed by atoms with van der Waals surface area (Å²) >= 11 is 1.81. The van der Waals surface area contributed by atoms with E-state index in [4.69, 9.17) is 0 Å². The van der Waals surface area contributed by atoms with Gasteiger partial charge in [0.2, 0.25) is 0 Å². The van der Waals surface area contributed by atoms with Gasteiger partial charge in [-0.15, -0.1) is 0 Å². The fourth-order valence-electron chi connectivity index (χ4n) is 3.66. The van der Waals surface area contributed by atoms with Crippen LogP contribution < -0.4 is 4.90 Å². The van der Waals surface area contributed by atoms with Crippen LogP contribution in [0.15, 0.2) is 101 Å². The van der Waals surface area contributed by atoms with E-state index in [0.717, 1.165) is 16.9 Å². The molecule has 3 aromatic carbocycles. The predicted molar refractivity (Wildman–Crippen MR) is 119 cm³/mol. The van der Waals surface area contributed by atoms with Gasteiger partial charge in [0.1, 0.15) is 0 Å². The summed E-state index contributed by atoms with van der Waals surface area (Å²) in [6.07, 6.45) is 5.00. The average Bonchev–Trinajstić information content (AvgIpc) is 2.82. The van der Waals surface area contributed by atoms with E-state index in [1.165, 1.54) is 21.2 Å². The van der Waals surface area contributed by atoms with Crippen LogP contribution in [0.3, 0.4) is 0 Å². The number of anilines is 3.